The number of rotatable bonds is 4. The Morgan fingerprint density at radius 1 is 1.27 bits per heavy atom. The second kappa shape index (κ2) is 6.24. The second-order valence-corrected chi connectivity index (χ2v) is 6.34. The molecule has 1 aliphatic rings. The van der Waals surface area contributed by atoms with Gasteiger partial charge in [-0.25, -0.2) is 0 Å². The molecule has 0 spiro atoms. The second-order valence-electron chi connectivity index (χ2n) is 5.78. The van der Waals surface area contributed by atoms with Crippen LogP contribution in [0.5, 0.6) is 0 Å². The molecule has 1 aliphatic heterocycles. The van der Waals surface area contributed by atoms with Gasteiger partial charge in [0.1, 0.15) is 0 Å². The Bertz CT molecular complexity index is 179. The van der Waals surface area contributed by atoms with E-state index in [0.29, 0.717) is 5.41 Å². The lowest BCUT2D eigenvalue weighted by Gasteiger charge is -2.30. The molecule has 1 fully saturated rings. The Hall–Kier alpha value is 0.440. The quantitative estimate of drug-likeness (QED) is 0.703. The molecule has 15 heavy (non-hydrogen) atoms. The van der Waals surface area contributed by atoms with Crippen molar-refractivity contribution in [3.05, 3.63) is 0 Å². The lowest BCUT2D eigenvalue weighted by molar-refractivity contribution is 0.199. The van der Waals surface area contributed by atoms with Crippen LogP contribution in [0, 0.1) is 11.3 Å². The summed E-state index contributed by atoms with van der Waals surface area (Å²) in [5.74, 6) is 0.988. The van der Waals surface area contributed by atoms with Crippen molar-refractivity contribution in [2.45, 2.75) is 46.5 Å². The highest BCUT2D eigenvalue weighted by atomic mass is 79.9. The summed E-state index contributed by atoms with van der Waals surface area (Å²) in [5.41, 5.74) is 0.423. The predicted octanol–water partition coefficient (Wildman–Crippen LogP) is 3.92. The van der Waals surface area contributed by atoms with Gasteiger partial charge >= 0.3 is 0 Å². The Morgan fingerprint density at radius 2 is 2.00 bits per heavy atom. The van der Waals surface area contributed by atoms with Gasteiger partial charge < -0.3 is 4.90 Å². The third-order valence-corrected chi connectivity index (χ3v) is 5.05. The maximum atomic E-state index is 3.62. The molecule has 1 rings (SSSR count). The van der Waals surface area contributed by atoms with Gasteiger partial charge in [0.15, 0.2) is 0 Å². The molecular weight excluding hydrogens is 250 g/mol. The van der Waals surface area contributed by atoms with E-state index in [9.17, 15) is 0 Å². The highest BCUT2D eigenvalue weighted by Gasteiger charge is 2.22. The summed E-state index contributed by atoms with van der Waals surface area (Å²) in [4.78, 5) is 2.66. The molecule has 1 atom stereocenters. The molecule has 1 nitrogen and oxygen atoms in total. The molecule has 0 saturated carbocycles. The van der Waals surface area contributed by atoms with Crippen molar-refractivity contribution in [2.24, 2.45) is 11.3 Å². The van der Waals surface area contributed by atoms with Crippen LogP contribution in [-0.4, -0.2) is 29.9 Å². The number of halogens is 1. The average Bonchev–Trinajstić information content (AvgIpc) is 2.43. The number of likely N-dealkylation sites (tertiary alicyclic amines) is 1. The lowest BCUT2D eigenvalue weighted by Crippen LogP contribution is -2.36. The minimum absolute atomic E-state index is 0.423. The molecule has 2 heteroatoms. The van der Waals surface area contributed by atoms with Gasteiger partial charge in [0.05, 0.1) is 0 Å². The van der Waals surface area contributed by atoms with E-state index in [1.165, 1.54) is 45.3 Å². The molecule has 1 unspecified atom stereocenters. The summed E-state index contributed by atoms with van der Waals surface area (Å²) in [6.45, 7) is 10.9. The molecule has 0 aromatic rings. The van der Waals surface area contributed by atoms with E-state index >= 15 is 0 Å². The number of nitrogens with zero attached hydrogens (tertiary/aromatic N) is 1. The first-order valence-electron chi connectivity index (χ1n) is 6.35. The van der Waals surface area contributed by atoms with E-state index in [0.717, 1.165) is 11.2 Å². The van der Waals surface area contributed by atoms with E-state index in [-0.39, 0.29) is 0 Å². The van der Waals surface area contributed by atoms with Crippen LogP contribution in [0.3, 0.4) is 0 Å². The minimum Gasteiger partial charge on any atom is -0.303 e. The van der Waals surface area contributed by atoms with Crippen molar-refractivity contribution in [1.29, 1.82) is 0 Å². The van der Waals surface area contributed by atoms with E-state index in [1.54, 1.807) is 0 Å². The first kappa shape index (κ1) is 13.5. The fraction of sp³-hybridized carbons (Fsp3) is 1.00. The van der Waals surface area contributed by atoms with Crippen LogP contribution in [0.1, 0.15) is 46.5 Å². The molecule has 0 radical (unpaired) electrons. The molecule has 0 aromatic heterocycles. The maximum Gasteiger partial charge on any atom is 0.00949 e. The van der Waals surface area contributed by atoms with Crippen molar-refractivity contribution in [3.63, 3.8) is 0 Å². The normalized spacial score (nSPS) is 25.2. The zero-order valence-corrected chi connectivity index (χ0v) is 12.1. The molecule has 1 heterocycles. The van der Waals surface area contributed by atoms with Crippen molar-refractivity contribution in [3.8, 4) is 0 Å². The van der Waals surface area contributed by atoms with Crippen molar-refractivity contribution in [1.82, 2.24) is 4.90 Å². The van der Waals surface area contributed by atoms with Crippen LogP contribution in [0.2, 0.25) is 0 Å². The summed E-state index contributed by atoms with van der Waals surface area (Å²) >= 11 is 3.62. The first-order valence-corrected chi connectivity index (χ1v) is 7.48. The fourth-order valence-corrected chi connectivity index (χ4v) is 2.62. The van der Waals surface area contributed by atoms with Crippen LogP contribution in [0.25, 0.3) is 0 Å². The highest BCUT2D eigenvalue weighted by Crippen LogP contribution is 2.24. The number of alkyl halides is 1. The number of hydrogen-bond acceptors (Lipinski definition) is 1. The third-order valence-electron chi connectivity index (χ3n) is 3.53. The standard InChI is InChI=1S/C13H26BrN/c1-4-12-6-5-8-15(9-7-12)11-13(2,3)10-14/h12H,4-11H2,1-3H3. The molecule has 0 aliphatic carbocycles. The maximum absolute atomic E-state index is 3.62. The average molecular weight is 276 g/mol. The monoisotopic (exact) mass is 275 g/mol. The van der Waals surface area contributed by atoms with Crippen LogP contribution in [-0.2, 0) is 0 Å². The Balaban J connectivity index is 2.37. The minimum atomic E-state index is 0.423. The molecule has 0 bridgehead atoms. The Morgan fingerprint density at radius 3 is 2.60 bits per heavy atom. The molecule has 1 saturated heterocycles. The van der Waals surface area contributed by atoms with Crippen LogP contribution >= 0.6 is 15.9 Å². The van der Waals surface area contributed by atoms with Gasteiger partial charge in [-0.3, -0.25) is 0 Å². The van der Waals surface area contributed by atoms with E-state index in [1.807, 2.05) is 0 Å². The summed E-state index contributed by atoms with van der Waals surface area (Å²) < 4.78 is 0. The van der Waals surface area contributed by atoms with E-state index in [2.05, 4.69) is 41.6 Å². The highest BCUT2D eigenvalue weighted by molar-refractivity contribution is 9.09. The predicted molar refractivity (Wildman–Crippen MR) is 71.6 cm³/mol. The van der Waals surface area contributed by atoms with Crippen molar-refractivity contribution < 1.29 is 0 Å². The summed E-state index contributed by atoms with van der Waals surface area (Å²) in [7, 11) is 0. The van der Waals surface area contributed by atoms with E-state index in [4.69, 9.17) is 0 Å². The molecular formula is C13H26BrN. The zero-order valence-electron chi connectivity index (χ0n) is 10.6. The van der Waals surface area contributed by atoms with Crippen LogP contribution < -0.4 is 0 Å². The van der Waals surface area contributed by atoms with Crippen molar-refractivity contribution >= 4 is 15.9 Å². The van der Waals surface area contributed by atoms with Gasteiger partial charge in [-0.05, 0) is 43.7 Å². The first-order chi connectivity index (χ1) is 7.07. The van der Waals surface area contributed by atoms with Crippen LogP contribution in [0.15, 0.2) is 0 Å². The Kier molecular flexibility index (Phi) is 5.62. The molecule has 0 N–H and O–H groups in total. The van der Waals surface area contributed by atoms with Gasteiger partial charge in [0.2, 0.25) is 0 Å². The van der Waals surface area contributed by atoms with Gasteiger partial charge in [0, 0.05) is 11.9 Å². The lowest BCUT2D eigenvalue weighted by atomic mass is 9.95. The third kappa shape index (κ3) is 4.86. The SMILES string of the molecule is CCC1CCCN(CC(C)(C)CBr)CC1. The molecule has 0 aromatic carbocycles. The zero-order chi connectivity index (χ0) is 11.3. The largest absolute Gasteiger partial charge is 0.303 e. The summed E-state index contributed by atoms with van der Waals surface area (Å²) in [6, 6.07) is 0. The van der Waals surface area contributed by atoms with Crippen molar-refractivity contribution in [2.75, 3.05) is 25.0 Å². The van der Waals surface area contributed by atoms with Gasteiger partial charge in [-0.2, -0.15) is 0 Å². The Labute approximate surface area is 104 Å². The smallest absolute Gasteiger partial charge is 0.00949 e. The van der Waals surface area contributed by atoms with Gasteiger partial charge in [-0.15, -0.1) is 0 Å². The van der Waals surface area contributed by atoms with Gasteiger partial charge in [-0.1, -0.05) is 43.1 Å². The number of hydrogen-bond donors (Lipinski definition) is 0. The fourth-order valence-electron chi connectivity index (χ4n) is 2.44. The van der Waals surface area contributed by atoms with E-state index < -0.39 is 0 Å². The summed E-state index contributed by atoms with van der Waals surface area (Å²) in [6.07, 6.45) is 5.63. The van der Waals surface area contributed by atoms with Gasteiger partial charge in [0.25, 0.3) is 0 Å². The van der Waals surface area contributed by atoms with Crippen LogP contribution in [0.4, 0.5) is 0 Å². The molecule has 0 amide bonds. The summed E-state index contributed by atoms with van der Waals surface area (Å²) in [5, 5.41) is 1.10. The topological polar surface area (TPSA) is 3.24 Å². The molecule has 90 valence electrons.